The van der Waals surface area contributed by atoms with E-state index >= 15 is 0 Å². The average molecular weight is 201 g/mol. The second kappa shape index (κ2) is 4.80. The number of anilines is 2. The van der Waals surface area contributed by atoms with Gasteiger partial charge in [0.15, 0.2) is 0 Å². The van der Waals surface area contributed by atoms with E-state index in [2.05, 4.69) is 9.50 Å². The lowest BCUT2D eigenvalue weighted by atomic mass is 10.3. The van der Waals surface area contributed by atoms with Crippen LogP contribution < -0.4 is 11.1 Å². The molecule has 0 spiro atoms. The Kier molecular flexibility index (Phi) is 3.69. The molecule has 5 nitrogen and oxygen atoms in total. The number of hydrogen-bond donors (Lipinski definition) is 2. The van der Waals surface area contributed by atoms with Crippen molar-refractivity contribution in [2.45, 2.75) is 0 Å². The molecule has 0 aliphatic heterocycles. The molecule has 72 valence electrons. The smallest absolute Gasteiger partial charge is 0.132 e. The van der Waals surface area contributed by atoms with Gasteiger partial charge < -0.3 is 15.6 Å². The summed E-state index contributed by atoms with van der Waals surface area (Å²) < 4.78 is 24.2. The molecule has 0 amide bonds. The van der Waals surface area contributed by atoms with Crippen molar-refractivity contribution in [3.05, 3.63) is 24.3 Å². The molecule has 1 rings (SSSR count). The van der Waals surface area contributed by atoms with Crippen molar-refractivity contribution in [1.29, 1.82) is 0 Å². The van der Waals surface area contributed by atoms with Crippen LogP contribution in [0.25, 0.3) is 0 Å². The van der Waals surface area contributed by atoms with E-state index in [1.165, 1.54) is 0 Å². The molecule has 0 aliphatic rings. The summed E-state index contributed by atoms with van der Waals surface area (Å²) in [6, 6.07) is 6.92. The molecule has 0 saturated carbocycles. The fourth-order valence-corrected chi connectivity index (χ4v) is 0.965. The van der Waals surface area contributed by atoms with Crippen molar-refractivity contribution in [2.75, 3.05) is 17.8 Å². The van der Waals surface area contributed by atoms with Crippen molar-refractivity contribution in [2.24, 2.45) is 0 Å². The van der Waals surface area contributed by atoms with E-state index in [1.807, 2.05) is 0 Å². The maximum Gasteiger partial charge on any atom is 0.132 e. The van der Waals surface area contributed by atoms with Gasteiger partial charge in [-0.1, -0.05) is 6.07 Å². The fourth-order valence-electron chi connectivity index (χ4n) is 0.810. The predicted molar refractivity (Wildman–Crippen MR) is 49.3 cm³/mol. The van der Waals surface area contributed by atoms with Crippen molar-refractivity contribution in [3.8, 4) is 0 Å². The Hall–Kier alpha value is -1.11. The lowest BCUT2D eigenvalue weighted by Gasteiger charge is -2.08. The van der Waals surface area contributed by atoms with Crippen LogP contribution in [0.15, 0.2) is 24.3 Å². The summed E-state index contributed by atoms with van der Waals surface area (Å²) in [6.45, 7) is -0.0977. The topological polar surface area (TPSA) is 87.4 Å². The van der Waals surface area contributed by atoms with Gasteiger partial charge in [-0.25, -0.2) is 4.21 Å². The minimum atomic E-state index is -2.49. The molecule has 1 aromatic rings. The zero-order valence-corrected chi connectivity index (χ0v) is 7.54. The van der Waals surface area contributed by atoms with Gasteiger partial charge >= 0.3 is 0 Å². The van der Waals surface area contributed by atoms with E-state index in [1.54, 1.807) is 24.3 Å². The number of benzene rings is 1. The predicted octanol–water partition coefficient (Wildman–Crippen LogP) is 0.449. The summed E-state index contributed by atoms with van der Waals surface area (Å²) in [5.41, 5.74) is 6.81. The van der Waals surface area contributed by atoms with Crippen LogP contribution in [0, 0.1) is 0 Å². The fraction of sp³-hybridized carbons (Fsp3) is 0.143. The summed E-state index contributed by atoms with van der Waals surface area (Å²) in [4.78, 5) is 0. The third-order valence-electron chi connectivity index (χ3n) is 1.32. The highest BCUT2D eigenvalue weighted by molar-refractivity contribution is 7.74. The molecule has 0 bridgehead atoms. The van der Waals surface area contributed by atoms with Crippen LogP contribution in [0.1, 0.15) is 0 Å². The highest BCUT2D eigenvalue weighted by atomic mass is 32.2. The third kappa shape index (κ3) is 3.88. The Morgan fingerprint density at radius 1 is 1.62 bits per heavy atom. The van der Waals surface area contributed by atoms with Crippen molar-refractivity contribution >= 4 is 22.7 Å². The Bertz CT molecular complexity index is 306. The van der Waals surface area contributed by atoms with Crippen LogP contribution in [-0.4, -0.2) is 15.5 Å². The minimum absolute atomic E-state index is 0.0977. The zero-order chi connectivity index (χ0) is 9.68. The molecule has 0 aliphatic carbocycles. The minimum Gasteiger partial charge on any atom is -0.750 e. The lowest BCUT2D eigenvalue weighted by molar-refractivity contribution is 0.323. The van der Waals surface area contributed by atoms with Crippen LogP contribution in [0.5, 0.6) is 0 Å². The van der Waals surface area contributed by atoms with Crippen LogP contribution in [0.4, 0.5) is 11.4 Å². The SMILES string of the molecule is Nc1cccc(NCOS(=O)[O-])c1. The summed E-state index contributed by atoms with van der Waals surface area (Å²) in [7, 11) is 0. The van der Waals surface area contributed by atoms with E-state index in [4.69, 9.17) is 5.73 Å². The second-order valence-electron chi connectivity index (χ2n) is 2.27. The number of nitrogens with one attached hydrogen (secondary N) is 1. The highest BCUT2D eigenvalue weighted by Crippen LogP contribution is 2.10. The molecular weight excluding hydrogens is 192 g/mol. The molecule has 0 fully saturated rings. The molecule has 1 atom stereocenters. The van der Waals surface area contributed by atoms with E-state index in [0.717, 1.165) is 0 Å². The highest BCUT2D eigenvalue weighted by Gasteiger charge is 1.91. The molecule has 1 aromatic carbocycles. The van der Waals surface area contributed by atoms with Crippen molar-refractivity contribution in [1.82, 2.24) is 0 Å². The van der Waals surface area contributed by atoms with Crippen LogP contribution in [0.2, 0.25) is 0 Å². The van der Waals surface area contributed by atoms with Gasteiger partial charge in [0, 0.05) is 11.4 Å². The van der Waals surface area contributed by atoms with E-state index < -0.39 is 11.4 Å². The zero-order valence-electron chi connectivity index (χ0n) is 6.73. The largest absolute Gasteiger partial charge is 0.750 e. The number of nitrogen functional groups attached to an aromatic ring is 1. The molecule has 0 aromatic heterocycles. The molecule has 0 radical (unpaired) electrons. The van der Waals surface area contributed by atoms with Gasteiger partial charge in [-0.05, 0) is 18.2 Å². The average Bonchev–Trinajstić information content (AvgIpc) is 2.03. The number of hydrogen-bond acceptors (Lipinski definition) is 5. The van der Waals surface area contributed by atoms with Crippen molar-refractivity contribution in [3.63, 3.8) is 0 Å². The van der Waals surface area contributed by atoms with E-state index in [-0.39, 0.29) is 6.73 Å². The lowest BCUT2D eigenvalue weighted by Crippen LogP contribution is -2.07. The van der Waals surface area contributed by atoms with E-state index in [9.17, 15) is 8.76 Å². The van der Waals surface area contributed by atoms with Gasteiger partial charge in [0.05, 0.1) is 11.4 Å². The Morgan fingerprint density at radius 3 is 3.00 bits per heavy atom. The summed E-state index contributed by atoms with van der Waals surface area (Å²) >= 11 is -2.49. The van der Waals surface area contributed by atoms with Crippen LogP contribution >= 0.6 is 0 Å². The van der Waals surface area contributed by atoms with Gasteiger partial charge in [-0.2, -0.15) is 0 Å². The Balaban J connectivity index is 2.41. The second-order valence-corrected chi connectivity index (χ2v) is 2.91. The molecule has 6 heteroatoms. The first-order chi connectivity index (χ1) is 6.18. The first-order valence-electron chi connectivity index (χ1n) is 3.50. The molecular formula is C7H9N2O3S-. The van der Waals surface area contributed by atoms with Crippen LogP contribution in [-0.2, 0) is 15.5 Å². The normalized spacial score (nSPS) is 12.4. The quantitative estimate of drug-likeness (QED) is 0.419. The van der Waals surface area contributed by atoms with E-state index in [0.29, 0.717) is 11.4 Å². The maximum absolute atomic E-state index is 9.97. The Labute approximate surface area is 78.4 Å². The first-order valence-corrected chi connectivity index (χ1v) is 4.50. The molecule has 13 heavy (non-hydrogen) atoms. The molecule has 0 heterocycles. The molecule has 1 unspecified atom stereocenters. The van der Waals surface area contributed by atoms with Gasteiger partial charge in [0.2, 0.25) is 0 Å². The maximum atomic E-state index is 9.97. The number of rotatable bonds is 4. The van der Waals surface area contributed by atoms with Gasteiger partial charge in [0.1, 0.15) is 6.73 Å². The monoisotopic (exact) mass is 201 g/mol. The third-order valence-corrected chi connectivity index (χ3v) is 1.63. The Morgan fingerprint density at radius 2 is 2.38 bits per heavy atom. The molecule has 3 N–H and O–H groups in total. The summed E-state index contributed by atoms with van der Waals surface area (Å²) in [6.07, 6.45) is 0. The van der Waals surface area contributed by atoms with Crippen LogP contribution in [0.3, 0.4) is 0 Å². The van der Waals surface area contributed by atoms with Gasteiger partial charge in [0.25, 0.3) is 0 Å². The van der Waals surface area contributed by atoms with Gasteiger partial charge in [-0.15, -0.1) is 0 Å². The molecule has 0 saturated heterocycles. The summed E-state index contributed by atoms with van der Waals surface area (Å²) in [5.74, 6) is 0. The summed E-state index contributed by atoms with van der Waals surface area (Å²) in [5, 5.41) is 2.72. The standard InChI is InChI=1S/C7H10N2O3S/c8-6-2-1-3-7(4-6)9-5-12-13(10)11/h1-4,9H,5,8H2,(H,10,11)/p-1. The van der Waals surface area contributed by atoms with Gasteiger partial charge in [-0.3, -0.25) is 4.18 Å². The van der Waals surface area contributed by atoms with Crippen molar-refractivity contribution < 1.29 is 12.9 Å². The number of nitrogens with two attached hydrogens (primary N) is 1. The first kappa shape index (κ1) is 9.97.